The molecule has 1 atom stereocenters. The standard InChI is InChI=1S/C14H19N5O2S.2ClH/c15-12(20)10-2-1-3-16-13(10)18-4-6-19(7-5-18)14(21)11-8-22-9-17-11;;/h1-3,11,17H,4-9H2,(H2,15,20);2*1H. The lowest BCUT2D eigenvalue weighted by atomic mass is 10.2. The van der Waals surface area contributed by atoms with Crippen LogP contribution in [0.2, 0.25) is 0 Å². The molecule has 0 aliphatic carbocycles. The maximum atomic E-state index is 12.4. The van der Waals surface area contributed by atoms with Crippen LogP contribution in [0.1, 0.15) is 10.4 Å². The fourth-order valence-electron chi connectivity index (χ4n) is 2.75. The van der Waals surface area contributed by atoms with E-state index in [1.165, 1.54) is 0 Å². The van der Waals surface area contributed by atoms with Gasteiger partial charge in [0.1, 0.15) is 5.82 Å². The summed E-state index contributed by atoms with van der Waals surface area (Å²) < 4.78 is 0. The number of nitrogens with zero attached hydrogens (tertiary/aromatic N) is 3. The van der Waals surface area contributed by atoms with Crippen molar-refractivity contribution in [2.45, 2.75) is 6.04 Å². The normalized spacial score (nSPS) is 20.1. The Balaban J connectivity index is 0.00000144. The molecule has 1 aromatic rings. The van der Waals surface area contributed by atoms with E-state index in [-0.39, 0.29) is 36.8 Å². The predicted molar refractivity (Wildman–Crippen MR) is 100 cm³/mol. The lowest BCUT2D eigenvalue weighted by molar-refractivity contribution is -0.132. The Morgan fingerprint density at radius 3 is 2.54 bits per heavy atom. The van der Waals surface area contributed by atoms with Gasteiger partial charge in [0.25, 0.3) is 5.91 Å². The molecule has 2 aliphatic rings. The molecule has 1 unspecified atom stereocenters. The van der Waals surface area contributed by atoms with Crippen molar-refractivity contribution in [2.24, 2.45) is 5.73 Å². The number of piperazine rings is 1. The van der Waals surface area contributed by atoms with Gasteiger partial charge in [-0.05, 0) is 12.1 Å². The molecule has 0 saturated carbocycles. The first-order chi connectivity index (χ1) is 10.7. The molecule has 10 heteroatoms. The second-order valence-electron chi connectivity index (χ2n) is 5.32. The number of hydrogen-bond donors (Lipinski definition) is 2. The zero-order valence-corrected chi connectivity index (χ0v) is 15.5. The number of anilines is 1. The molecular formula is C14H21Cl2N5O2S. The Morgan fingerprint density at radius 1 is 1.25 bits per heavy atom. The maximum absolute atomic E-state index is 12.4. The summed E-state index contributed by atoms with van der Waals surface area (Å²) in [5, 5.41) is 3.21. The average Bonchev–Trinajstić information content (AvgIpc) is 3.09. The van der Waals surface area contributed by atoms with Gasteiger partial charge < -0.3 is 15.5 Å². The van der Waals surface area contributed by atoms with Crippen molar-refractivity contribution in [3.8, 4) is 0 Å². The van der Waals surface area contributed by atoms with Crippen LogP contribution in [0, 0.1) is 0 Å². The van der Waals surface area contributed by atoms with Crippen molar-refractivity contribution in [1.82, 2.24) is 15.2 Å². The van der Waals surface area contributed by atoms with Crippen LogP contribution in [0.15, 0.2) is 18.3 Å². The predicted octanol–water partition coefficient (Wildman–Crippen LogP) is 0.335. The largest absolute Gasteiger partial charge is 0.365 e. The first kappa shape index (κ1) is 20.8. The van der Waals surface area contributed by atoms with Crippen LogP contribution in [0.5, 0.6) is 0 Å². The highest BCUT2D eigenvalue weighted by Crippen LogP contribution is 2.19. The summed E-state index contributed by atoms with van der Waals surface area (Å²) in [5.74, 6) is 1.98. The van der Waals surface area contributed by atoms with E-state index in [2.05, 4.69) is 10.3 Å². The zero-order valence-electron chi connectivity index (χ0n) is 13.0. The monoisotopic (exact) mass is 393 g/mol. The van der Waals surface area contributed by atoms with Crippen molar-refractivity contribution < 1.29 is 9.59 Å². The smallest absolute Gasteiger partial charge is 0.252 e. The number of thioether (sulfide) groups is 1. The number of nitrogens with two attached hydrogens (primary N) is 1. The molecule has 1 aromatic heterocycles. The van der Waals surface area contributed by atoms with E-state index in [1.807, 2.05) is 9.80 Å². The molecule has 3 rings (SSSR count). The number of hydrogen-bond acceptors (Lipinski definition) is 6. The minimum Gasteiger partial charge on any atom is -0.365 e. The summed E-state index contributed by atoms with van der Waals surface area (Å²) in [6, 6.07) is 3.32. The minimum absolute atomic E-state index is 0. The van der Waals surface area contributed by atoms with Gasteiger partial charge in [0, 0.05) is 44.0 Å². The second kappa shape index (κ2) is 9.31. The quantitative estimate of drug-likeness (QED) is 0.768. The third-order valence-electron chi connectivity index (χ3n) is 3.96. The highest BCUT2D eigenvalue weighted by atomic mass is 35.5. The fourth-order valence-corrected chi connectivity index (χ4v) is 3.69. The van der Waals surface area contributed by atoms with E-state index in [1.54, 1.807) is 30.1 Å². The van der Waals surface area contributed by atoms with Gasteiger partial charge in [-0.25, -0.2) is 4.98 Å². The second-order valence-corrected chi connectivity index (χ2v) is 6.35. The SMILES string of the molecule is Cl.Cl.NC(=O)c1cccnc1N1CCN(C(=O)C2CSCN2)CC1. The van der Waals surface area contributed by atoms with E-state index in [9.17, 15) is 9.59 Å². The molecule has 2 amide bonds. The number of carbonyl (C=O) groups excluding carboxylic acids is 2. The summed E-state index contributed by atoms with van der Waals surface area (Å²) in [7, 11) is 0. The number of amides is 2. The van der Waals surface area contributed by atoms with Crippen LogP contribution >= 0.6 is 36.6 Å². The van der Waals surface area contributed by atoms with Crippen molar-refractivity contribution >= 4 is 54.2 Å². The number of carbonyl (C=O) groups is 2. The Labute approximate surface area is 157 Å². The highest BCUT2D eigenvalue weighted by Gasteiger charge is 2.30. The molecule has 0 spiro atoms. The number of pyridine rings is 1. The molecule has 2 fully saturated rings. The van der Waals surface area contributed by atoms with Crippen LogP contribution in [-0.4, -0.2) is 65.5 Å². The summed E-state index contributed by atoms with van der Waals surface area (Å²) in [6.45, 7) is 2.58. The molecule has 24 heavy (non-hydrogen) atoms. The Hall–Kier alpha value is -1.22. The molecule has 0 bridgehead atoms. The number of rotatable bonds is 3. The maximum Gasteiger partial charge on any atom is 0.252 e. The van der Waals surface area contributed by atoms with Crippen LogP contribution in [-0.2, 0) is 4.79 Å². The summed E-state index contributed by atoms with van der Waals surface area (Å²) in [4.78, 5) is 32.0. The number of aromatic nitrogens is 1. The van der Waals surface area contributed by atoms with Crippen molar-refractivity contribution in [3.05, 3.63) is 23.9 Å². The van der Waals surface area contributed by atoms with Crippen molar-refractivity contribution in [3.63, 3.8) is 0 Å². The molecule has 3 heterocycles. The molecule has 0 aromatic carbocycles. The minimum atomic E-state index is -0.478. The van der Waals surface area contributed by atoms with E-state index >= 15 is 0 Å². The van der Waals surface area contributed by atoms with Crippen LogP contribution in [0.4, 0.5) is 5.82 Å². The Kier molecular flexibility index (Phi) is 8.08. The van der Waals surface area contributed by atoms with Gasteiger partial charge in [-0.3, -0.25) is 14.9 Å². The molecule has 7 nitrogen and oxygen atoms in total. The third kappa shape index (κ3) is 4.44. The van der Waals surface area contributed by atoms with E-state index in [4.69, 9.17) is 5.73 Å². The first-order valence-corrected chi connectivity index (χ1v) is 8.42. The van der Waals surface area contributed by atoms with Gasteiger partial charge >= 0.3 is 0 Å². The van der Waals surface area contributed by atoms with Gasteiger partial charge in [-0.15, -0.1) is 36.6 Å². The number of halogens is 2. The zero-order chi connectivity index (χ0) is 15.5. The van der Waals surface area contributed by atoms with Crippen molar-refractivity contribution in [2.75, 3.05) is 42.7 Å². The lowest BCUT2D eigenvalue weighted by Gasteiger charge is -2.36. The average molecular weight is 394 g/mol. The summed E-state index contributed by atoms with van der Waals surface area (Å²) in [5.41, 5.74) is 5.83. The van der Waals surface area contributed by atoms with Crippen LogP contribution in [0.25, 0.3) is 0 Å². The van der Waals surface area contributed by atoms with Gasteiger partial charge in [0.2, 0.25) is 5.91 Å². The van der Waals surface area contributed by atoms with E-state index in [0.29, 0.717) is 37.6 Å². The van der Waals surface area contributed by atoms with Gasteiger partial charge in [0.15, 0.2) is 0 Å². The number of primary amides is 1. The topological polar surface area (TPSA) is 91.6 Å². The molecule has 134 valence electrons. The van der Waals surface area contributed by atoms with Gasteiger partial charge in [0.05, 0.1) is 11.6 Å². The summed E-state index contributed by atoms with van der Waals surface area (Å²) in [6.07, 6.45) is 1.65. The molecule has 2 saturated heterocycles. The first-order valence-electron chi connectivity index (χ1n) is 7.26. The Bertz CT molecular complexity index is 578. The summed E-state index contributed by atoms with van der Waals surface area (Å²) >= 11 is 1.75. The third-order valence-corrected chi connectivity index (χ3v) is 4.90. The lowest BCUT2D eigenvalue weighted by Crippen LogP contribution is -2.54. The Morgan fingerprint density at radius 2 is 1.96 bits per heavy atom. The molecule has 2 aliphatic heterocycles. The molecular weight excluding hydrogens is 373 g/mol. The number of nitrogens with one attached hydrogen (secondary N) is 1. The van der Waals surface area contributed by atoms with E-state index in [0.717, 1.165) is 11.6 Å². The highest BCUT2D eigenvalue weighted by molar-refractivity contribution is 7.99. The van der Waals surface area contributed by atoms with Crippen molar-refractivity contribution in [1.29, 1.82) is 0 Å². The van der Waals surface area contributed by atoms with Crippen LogP contribution in [0.3, 0.4) is 0 Å². The fraction of sp³-hybridized carbons (Fsp3) is 0.500. The van der Waals surface area contributed by atoms with Crippen LogP contribution < -0.4 is 16.0 Å². The molecule has 0 radical (unpaired) electrons. The van der Waals surface area contributed by atoms with Gasteiger partial charge in [-0.2, -0.15) is 0 Å². The molecule has 3 N–H and O–H groups in total. The van der Waals surface area contributed by atoms with E-state index < -0.39 is 5.91 Å². The van der Waals surface area contributed by atoms with Gasteiger partial charge in [-0.1, -0.05) is 0 Å².